The SMILES string of the molecule is CCC(=O)c1ccc(OCC(=O)N2CCN(Cc3ccc4c(c3)OCO4)CC2)cc1. The second kappa shape index (κ2) is 9.17. The molecule has 0 aromatic heterocycles. The number of benzene rings is 2. The van der Waals surface area contributed by atoms with Crippen LogP contribution in [0, 0.1) is 0 Å². The molecule has 2 aliphatic rings. The van der Waals surface area contributed by atoms with E-state index in [1.807, 2.05) is 24.0 Å². The van der Waals surface area contributed by atoms with Gasteiger partial charge in [0.2, 0.25) is 6.79 Å². The Balaban J connectivity index is 1.22. The topological polar surface area (TPSA) is 68.3 Å². The molecule has 0 N–H and O–H groups in total. The lowest BCUT2D eigenvalue weighted by Gasteiger charge is -2.34. The second-order valence-electron chi connectivity index (χ2n) is 7.43. The number of hydrogen-bond acceptors (Lipinski definition) is 6. The summed E-state index contributed by atoms with van der Waals surface area (Å²) in [5.41, 5.74) is 1.84. The Morgan fingerprint density at radius 1 is 0.967 bits per heavy atom. The number of Topliss-reactive ketones (excluding diaryl/α,β-unsaturated/α-hetero) is 1. The molecule has 0 spiro atoms. The smallest absolute Gasteiger partial charge is 0.260 e. The van der Waals surface area contributed by atoms with Crippen LogP contribution in [0.15, 0.2) is 42.5 Å². The van der Waals surface area contributed by atoms with E-state index in [0.717, 1.165) is 31.1 Å². The number of carbonyl (C=O) groups is 2. The third-order valence-corrected chi connectivity index (χ3v) is 5.43. The average molecular weight is 410 g/mol. The monoisotopic (exact) mass is 410 g/mol. The van der Waals surface area contributed by atoms with Gasteiger partial charge >= 0.3 is 0 Å². The van der Waals surface area contributed by atoms with Gasteiger partial charge in [-0.3, -0.25) is 14.5 Å². The summed E-state index contributed by atoms with van der Waals surface area (Å²) in [5, 5.41) is 0. The molecule has 2 heterocycles. The predicted octanol–water partition coefficient (Wildman–Crippen LogP) is 2.73. The fraction of sp³-hybridized carbons (Fsp3) is 0.391. The van der Waals surface area contributed by atoms with Crippen LogP contribution in [0.5, 0.6) is 17.2 Å². The van der Waals surface area contributed by atoms with Gasteiger partial charge < -0.3 is 19.1 Å². The molecule has 158 valence electrons. The molecule has 2 aliphatic heterocycles. The number of ketones is 1. The molecule has 4 rings (SSSR count). The van der Waals surface area contributed by atoms with Crippen molar-refractivity contribution in [2.45, 2.75) is 19.9 Å². The molecule has 0 radical (unpaired) electrons. The van der Waals surface area contributed by atoms with Gasteiger partial charge in [-0.05, 0) is 42.0 Å². The Hall–Kier alpha value is -3.06. The molecule has 0 aliphatic carbocycles. The van der Waals surface area contributed by atoms with Crippen LogP contribution in [0.25, 0.3) is 0 Å². The maximum atomic E-state index is 12.5. The minimum atomic E-state index is -0.0218. The summed E-state index contributed by atoms with van der Waals surface area (Å²) in [6.45, 7) is 5.92. The quantitative estimate of drug-likeness (QED) is 0.654. The maximum absolute atomic E-state index is 12.5. The van der Waals surface area contributed by atoms with Crippen LogP contribution < -0.4 is 14.2 Å². The molecule has 0 bridgehead atoms. The number of ether oxygens (including phenoxy) is 3. The first kappa shape index (κ1) is 20.2. The molecule has 0 unspecified atom stereocenters. The van der Waals surface area contributed by atoms with E-state index in [9.17, 15) is 9.59 Å². The highest BCUT2D eigenvalue weighted by molar-refractivity contribution is 5.95. The fourth-order valence-electron chi connectivity index (χ4n) is 3.63. The van der Waals surface area contributed by atoms with Gasteiger partial charge in [-0.15, -0.1) is 0 Å². The molecule has 1 saturated heterocycles. The zero-order valence-corrected chi connectivity index (χ0v) is 17.1. The summed E-state index contributed by atoms with van der Waals surface area (Å²) < 4.78 is 16.4. The minimum absolute atomic E-state index is 0.00321. The number of piperazine rings is 1. The van der Waals surface area contributed by atoms with Crippen molar-refractivity contribution in [3.05, 3.63) is 53.6 Å². The van der Waals surface area contributed by atoms with Crippen molar-refractivity contribution in [2.24, 2.45) is 0 Å². The first-order valence-electron chi connectivity index (χ1n) is 10.3. The van der Waals surface area contributed by atoms with E-state index in [-0.39, 0.29) is 25.1 Å². The van der Waals surface area contributed by atoms with E-state index < -0.39 is 0 Å². The second-order valence-corrected chi connectivity index (χ2v) is 7.43. The predicted molar refractivity (Wildman–Crippen MR) is 111 cm³/mol. The maximum Gasteiger partial charge on any atom is 0.260 e. The summed E-state index contributed by atoms with van der Waals surface area (Å²) in [6.07, 6.45) is 0.472. The molecule has 0 saturated carbocycles. The van der Waals surface area contributed by atoms with Crippen molar-refractivity contribution in [3.63, 3.8) is 0 Å². The van der Waals surface area contributed by atoms with Gasteiger partial charge in [-0.1, -0.05) is 13.0 Å². The van der Waals surface area contributed by atoms with Crippen molar-refractivity contribution in [1.29, 1.82) is 0 Å². The van der Waals surface area contributed by atoms with E-state index in [4.69, 9.17) is 14.2 Å². The van der Waals surface area contributed by atoms with Gasteiger partial charge in [0.15, 0.2) is 23.9 Å². The molecule has 7 heteroatoms. The zero-order valence-electron chi connectivity index (χ0n) is 17.1. The van der Waals surface area contributed by atoms with Gasteiger partial charge in [0.1, 0.15) is 5.75 Å². The van der Waals surface area contributed by atoms with E-state index in [1.54, 1.807) is 24.3 Å². The first-order chi connectivity index (χ1) is 14.6. The van der Waals surface area contributed by atoms with Gasteiger partial charge in [-0.25, -0.2) is 0 Å². The Bertz CT molecular complexity index is 904. The average Bonchev–Trinajstić information content (AvgIpc) is 3.26. The molecular weight excluding hydrogens is 384 g/mol. The van der Waals surface area contributed by atoms with Gasteiger partial charge in [0.05, 0.1) is 0 Å². The number of rotatable bonds is 7. The van der Waals surface area contributed by atoms with E-state index in [0.29, 0.717) is 30.8 Å². The number of carbonyl (C=O) groups excluding carboxylic acids is 2. The van der Waals surface area contributed by atoms with Crippen LogP contribution >= 0.6 is 0 Å². The Kier molecular flexibility index (Phi) is 6.18. The Morgan fingerprint density at radius 3 is 2.43 bits per heavy atom. The first-order valence-corrected chi connectivity index (χ1v) is 10.3. The summed E-state index contributed by atoms with van der Waals surface area (Å²) >= 11 is 0. The lowest BCUT2D eigenvalue weighted by atomic mass is 10.1. The van der Waals surface area contributed by atoms with Crippen molar-refractivity contribution in [2.75, 3.05) is 39.6 Å². The summed E-state index contributed by atoms with van der Waals surface area (Å²) in [6, 6.07) is 13.0. The number of amides is 1. The van der Waals surface area contributed by atoms with Crippen LogP contribution in [0.3, 0.4) is 0 Å². The largest absolute Gasteiger partial charge is 0.484 e. The van der Waals surface area contributed by atoms with E-state index >= 15 is 0 Å². The summed E-state index contributed by atoms with van der Waals surface area (Å²) in [5.74, 6) is 2.26. The Morgan fingerprint density at radius 2 is 1.70 bits per heavy atom. The third-order valence-electron chi connectivity index (χ3n) is 5.43. The summed E-state index contributed by atoms with van der Waals surface area (Å²) in [7, 11) is 0. The van der Waals surface area contributed by atoms with Crippen molar-refractivity contribution >= 4 is 11.7 Å². The van der Waals surface area contributed by atoms with Crippen LogP contribution in [0.1, 0.15) is 29.3 Å². The zero-order chi connectivity index (χ0) is 20.9. The highest BCUT2D eigenvalue weighted by Crippen LogP contribution is 2.32. The van der Waals surface area contributed by atoms with Crippen LogP contribution in [-0.4, -0.2) is 61.1 Å². The van der Waals surface area contributed by atoms with Gasteiger partial charge in [0, 0.05) is 44.7 Å². The highest BCUT2D eigenvalue weighted by atomic mass is 16.7. The number of nitrogens with zero attached hydrogens (tertiary/aromatic N) is 2. The molecule has 0 atom stereocenters. The number of fused-ring (bicyclic) bond motifs is 1. The lowest BCUT2D eigenvalue weighted by Crippen LogP contribution is -2.49. The van der Waals surface area contributed by atoms with Crippen molar-refractivity contribution in [3.8, 4) is 17.2 Å². The van der Waals surface area contributed by atoms with Crippen LogP contribution in [-0.2, 0) is 11.3 Å². The van der Waals surface area contributed by atoms with E-state index in [1.165, 1.54) is 5.56 Å². The fourth-order valence-corrected chi connectivity index (χ4v) is 3.63. The van der Waals surface area contributed by atoms with Gasteiger partial charge in [0.25, 0.3) is 5.91 Å². The third kappa shape index (κ3) is 4.74. The van der Waals surface area contributed by atoms with Crippen molar-refractivity contribution in [1.82, 2.24) is 9.80 Å². The van der Waals surface area contributed by atoms with Crippen LogP contribution in [0.2, 0.25) is 0 Å². The molecule has 30 heavy (non-hydrogen) atoms. The van der Waals surface area contributed by atoms with E-state index in [2.05, 4.69) is 11.0 Å². The van der Waals surface area contributed by atoms with Crippen molar-refractivity contribution < 1.29 is 23.8 Å². The molecule has 1 amide bonds. The molecular formula is C23H26N2O5. The highest BCUT2D eigenvalue weighted by Gasteiger charge is 2.22. The standard InChI is InChI=1S/C23H26N2O5/c1-2-20(26)18-4-6-19(7-5-18)28-15-23(27)25-11-9-24(10-12-25)14-17-3-8-21-22(13-17)30-16-29-21/h3-8,13H,2,9-12,14-16H2,1H3. The summed E-state index contributed by atoms with van der Waals surface area (Å²) in [4.78, 5) is 28.3. The molecule has 2 aromatic carbocycles. The van der Waals surface area contributed by atoms with Crippen LogP contribution in [0.4, 0.5) is 0 Å². The lowest BCUT2D eigenvalue weighted by molar-refractivity contribution is -0.135. The minimum Gasteiger partial charge on any atom is -0.484 e. The Labute approximate surface area is 176 Å². The molecule has 7 nitrogen and oxygen atoms in total. The normalized spacial score (nSPS) is 15.8. The van der Waals surface area contributed by atoms with Gasteiger partial charge in [-0.2, -0.15) is 0 Å². The number of hydrogen-bond donors (Lipinski definition) is 0. The molecule has 1 fully saturated rings. The molecule has 2 aromatic rings.